The lowest BCUT2D eigenvalue weighted by atomic mass is 9.98. The lowest BCUT2D eigenvalue weighted by molar-refractivity contribution is -0.165. The topological polar surface area (TPSA) is 43.4 Å². The van der Waals surface area contributed by atoms with E-state index in [2.05, 4.69) is 34.2 Å². The average molecular weight is 206 g/mol. The highest BCUT2D eigenvalue weighted by atomic mass is 19.1. The molecule has 0 spiro atoms. The van der Waals surface area contributed by atoms with Crippen molar-refractivity contribution in [3.05, 3.63) is 35.3 Å². The fourth-order valence-corrected chi connectivity index (χ4v) is 1.10. The third-order valence-corrected chi connectivity index (χ3v) is 1.75. The van der Waals surface area contributed by atoms with Gasteiger partial charge in [-0.05, 0) is 23.8 Å². The molecule has 1 saturated heterocycles. The van der Waals surface area contributed by atoms with E-state index in [-0.39, 0.29) is 12.8 Å². The summed E-state index contributed by atoms with van der Waals surface area (Å²) < 4.78 is 17.5. The van der Waals surface area contributed by atoms with Crippen LogP contribution in [-0.2, 0) is 14.3 Å². The molecule has 1 rings (SSSR count). The molecular weight excluding hydrogens is 199 g/mol. The summed E-state index contributed by atoms with van der Waals surface area (Å²) >= 11 is 0. The van der Waals surface area contributed by atoms with Gasteiger partial charge >= 0.3 is 11.9 Å². The molecule has 1 heterocycles. The third-order valence-electron chi connectivity index (χ3n) is 1.75. The second-order valence-corrected chi connectivity index (χ2v) is 2.85. The molecule has 0 aliphatic carbocycles. The fourth-order valence-electron chi connectivity index (χ4n) is 1.10. The van der Waals surface area contributed by atoms with E-state index in [1.165, 1.54) is 0 Å². The van der Waals surface area contributed by atoms with Crippen LogP contribution in [0.2, 0.25) is 0 Å². The summed E-state index contributed by atoms with van der Waals surface area (Å²) in [6, 6.07) is 0. The first-order valence-corrected chi connectivity index (χ1v) is 4.17. The smallest absolute Gasteiger partial charge is 0.314 e. The molecule has 0 radical (unpaired) electrons. The number of rotatable bonds is 1. The Bertz CT molecular complexity index is 436. The monoisotopic (exact) mass is 206 g/mol. The Hall–Kier alpha value is -2.07. The van der Waals surface area contributed by atoms with Crippen molar-refractivity contribution < 1.29 is 18.7 Å². The second-order valence-electron chi connectivity index (χ2n) is 2.85. The average Bonchev–Trinajstić information content (AvgIpc) is 2.16. The first-order chi connectivity index (χ1) is 7.13. The number of cyclic esters (lactones) is 2. The van der Waals surface area contributed by atoms with Crippen LogP contribution in [0.4, 0.5) is 4.39 Å². The van der Waals surface area contributed by atoms with E-state index >= 15 is 0 Å². The first kappa shape index (κ1) is 11.0. The third kappa shape index (κ3) is 3.28. The van der Waals surface area contributed by atoms with Crippen LogP contribution in [0, 0.1) is 5.92 Å². The molecule has 0 aromatic carbocycles. The van der Waals surface area contributed by atoms with E-state index in [0.717, 1.165) is 0 Å². The summed E-state index contributed by atoms with van der Waals surface area (Å²) in [5.74, 6) is -2.98. The standard InChI is InChI=1S/C11H7FO3/c1-2-3-4-5-9(12)8-6-10(13)15-11(14)7-8/h8H,1,6-7H2. The Morgan fingerprint density at radius 1 is 1.33 bits per heavy atom. The Balaban J connectivity index is 2.94. The van der Waals surface area contributed by atoms with Gasteiger partial charge in [-0.2, -0.15) is 0 Å². The van der Waals surface area contributed by atoms with Gasteiger partial charge in [0.15, 0.2) is 5.83 Å². The van der Waals surface area contributed by atoms with E-state index in [4.69, 9.17) is 0 Å². The van der Waals surface area contributed by atoms with E-state index in [0.29, 0.717) is 0 Å². The molecule has 0 N–H and O–H groups in total. The van der Waals surface area contributed by atoms with Crippen LogP contribution in [0.5, 0.6) is 0 Å². The van der Waals surface area contributed by atoms with Crippen molar-refractivity contribution >= 4 is 11.9 Å². The van der Waals surface area contributed by atoms with E-state index in [9.17, 15) is 14.0 Å². The van der Waals surface area contributed by atoms with Crippen LogP contribution in [0.15, 0.2) is 35.3 Å². The SMILES string of the molecule is C=C=C=C=C=C(F)C1CC(=O)OC(=O)C1. The number of halogens is 1. The molecule has 0 saturated carbocycles. The molecule has 0 amide bonds. The van der Waals surface area contributed by atoms with Gasteiger partial charge in [-0.25, -0.2) is 4.39 Å². The first-order valence-electron chi connectivity index (χ1n) is 4.17. The molecule has 0 bridgehead atoms. The summed E-state index contributed by atoms with van der Waals surface area (Å²) in [5.41, 5.74) is 8.82. The quantitative estimate of drug-likeness (QED) is 0.371. The predicted molar refractivity (Wildman–Crippen MR) is 48.1 cm³/mol. The van der Waals surface area contributed by atoms with Crippen LogP contribution < -0.4 is 0 Å². The maximum Gasteiger partial charge on any atom is 0.314 e. The Morgan fingerprint density at radius 2 is 1.93 bits per heavy atom. The van der Waals surface area contributed by atoms with Crippen molar-refractivity contribution in [1.82, 2.24) is 0 Å². The zero-order valence-corrected chi connectivity index (χ0v) is 7.80. The number of hydrogen-bond donors (Lipinski definition) is 0. The van der Waals surface area contributed by atoms with Gasteiger partial charge in [0.1, 0.15) is 0 Å². The Kier molecular flexibility index (Phi) is 3.65. The molecule has 1 fully saturated rings. The van der Waals surface area contributed by atoms with Crippen LogP contribution in [0.3, 0.4) is 0 Å². The highest BCUT2D eigenvalue weighted by Crippen LogP contribution is 2.24. The lowest BCUT2D eigenvalue weighted by Crippen LogP contribution is -2.25. The Labute approximate surface area is 85.5 Å². The van der Waals surface area contributed by atoms with Crippen molar-refractivity contribution in [3.63, 3.8) is 0 Å². The van der Waals surface area contributed by atoms with Gasteiger partial charge in [0, 0.05) is 5.92 Å². The van der Waals surface area contributed by atoms with Crippen molar-refractivity contribution in [2.24, 2.45) is 5.92 Å². The molecule has 0 atom stereocenters. The van der Waals surface area contributed by atoms with E-state index in [1.807, 2.05) is 0 Å². The van der Waals surface area contributed by atoms with Crippen molar-refractivity contribution in [3.8, 4) is 0 Å². The molecule has 15 heavy (non-hydrogen) atoms. The van der Waals surface area contributed by atoms with Crippen molar-refractivity contribution in [2.75, 3.05) is 0 Å². The number of carbonyl (C=O) groups excluding carboxylic acids is 2. The summed E-state index contributed by atoms with van der Waals surface area (Å²) in [6.07, 6.45) is -0.325. The number of allylic oxidation sites excluding steroid dienone is 1. The van der Waals surface area contributed by atoms with Crippen molar-refractivity contribution in [1.29, 1.82) is 0 Å². The van der Waals surface area contributed by atoms with Crippen LogP contribution >= 0.6 is 0 Å². The normalized spacial score (nSPS) is 15.5. The molecule has 3 nitrogen and oxygen atoms in total. The lowest BCUT2D eigenvalue weighted by Gasteiger charge is -2.16. The van der Waals surface area contributed by atoms with Crippen LogP contribution in [0.25, 0.3) is 0 Å². The summed E-state index contributed by atoms with van der Waals surface area (Å²) in [4.78, 5) is 21.6. The minimum Gasteiger partial charge on any atom is -0.393 e. The highest BCUT2D eigenvalue weighted by molar-refractivity contribution is 5.88. The molecular formula is C11H7FO3. The number of carbonyl (C=O) groups is 2. The molecule has 0 unspecified atom stereocenters. The van der Waals surface area contributed by atoms with Gasteiger partial charge < -0.3 is 4.74 Å². The zero-order valence-electron chi connectivity index (χ0n) is 7.80. The molecule has 1 aliphatic rings. The summed E-state index contributed by atoms with van der Waals surface area (Å²) in [5, 5.41) is 0. The van der Waals surface area contributed by atoms with Gasteiger partial charge in [0.25, 0.3) is 0 Å². The molecule has 76 valence electrons. The van der Waals surface area contributed by atoms with Crippen molar-refractivity contribution in [2.45, 2.75) is 12.8 Å². The van der Waals surface area contributed by atoms with Crippen LogP contribution in [0.1, 0.15) is 12.8 Å². The predicted octanol–water partition coefficient (Wildman–Crippen LogP) is 1.57. The largest absolute Gasteiger partial charge is 0.393 e. The second kappa shape index (κ2) is 4.97. The van der Waals surface area contributed by atoms with Gasteiger partial charge in [-0.15, -0.1) is 0 Å². The van der Waals surface area contributed by atoms with Gasteiger partial charge in [0.2, 0.25) is 0 Å². The minimum atomic E-state index is -0.808. The summed E-state index contributed by atoms with van der Waals surface area (Å²) in [7, 11) is 0. The van der Waals surface area contributed by atoms with E-state index < -0.39 is 23.7 Å². The molecule has 4 heteroatoms. The molecule has 0 aromatic rings. The minimum absolute atomic E-state index is 0.163. The number of esters is 2. The van der Waals surface area contributed by atoms with Gasteiger partial charge in [0.05, 0.1) is 12.8 Å². The van der Waals surface area contributed by atoms with Gasteiger partial charge in [-0.3, -0.25) is 9.59 Å². The maximum atomic E-state index is 13.3. The summed E-state index contributed by atoms with van der Waals surface area (Å²) in [6.45, 7) is 3.20. The number of ether oxygens (including phenoxy) is 1. The Morgan fingerprint density at radius 3 is 2.47 bits per heavy atom. The fraction of sp³-hybridized carbons (Fsp3) is 0.273. The van der Waals surface area contributed by atoms with Gasteiger partial charge in [-0.1, -0.05) is 5.73 Å². The molecule has 1 aliphatic heterocycles. The number of hydrogen-bond acceptors (Lipinski definition) is 3. The van der Waals surface area contributed by atoms with Crippen LogP contribution in [-0.4, -0.2) is 11.9 Å². The zero-order chi connectivity index (χ0) is 11.3. The maximum absolute atomic E-state index is 13.3. The van der Waals surface area contributed by atoms with E-state index in [1.54, 1.807) is 0 Å². The molecule has 0 aromatic heterocycles. The highest BCUT2D eigenvalue weighted by Gasteiger charge is 2.30.